The molecule has 0 spiro atoms. The second-order valence-corrected chi connectivity index (χ2v) is 3.30. The van der Waals surface area contributed by atoms with E-state index in [1.807, 2.05) is 5.48 Å². The number of fused-ring (bicyclic) bond motifs is 1. The van der Waals surface area contributed by atoms with Gasteiger partial charge in [0.05, 0.1) is 0 Å². The first-order valence-corrected chi connectivity index (χ1v) is 4.56. The smallest absolute Gasteiger partial charge is 0.250 e. The number of primary amides is 1. The zero-order valence-electron chi connectivity index (χ0n) is 8.18. The number of Topliss-reactive ketones (excluding diaryl/α,β-unsaturated/α-hetero) is 1. The van der Waals surface area contributed by atoms with Gasteiger partial charge in [-0.15, -0.1) is 0 Å². The molecule has 0 aliphatic carbocycles. The highest BCUT2D eigenvalue weighted by atomic mass is 16.5. The standard InChI is InChI=1S/C10H9N3O3/c11-9(15)7-8(14)5-3-1-2-4-6(5)10(12-7)13-16/h1-4,7,16H,(H2,11,15)(H,12,13). The number of hydrogen-bond donors (Lipinski definition) is 3. The molecule has 0 saturated carbocycles. The molecule has 6 heteroatoms. The first kappa shape index (κ1) is 10.3. The van der Waals surface area contributed by atoms with E-state index in [4.69, 9.17) is 10.9 Å². The van der Waals surface area contributed by atoms with Crippen LogP contribution in [0.2, 0.25) is 0 Å². The zero-order chi connectivity index (χ0) is 11.7. The molecular formula is C10H9N3O3. The predicted molar refractivity (Wildman–Crippen MR) is 55.2 cm³/mol. The number of rotatable bonds is 1. The molecule has 0 aromatic heterocycles. The van der Waals surface area contributed by atoms with E-state index in [2.05, 4.69) is 4.99 Å². The summed E-state index contributed by atoms with van der Waals surface area (Å²) in [6.45, 7) is 0. The first-order chi connectivity index (χ1) is 7.65. The topological polar surface area (TPSA) is 105 Å². The van der Waals surface area contributed by atoms with E-state index in [9.17, 15) is 9.59 Å². The quantitative estimate of drug-likeness (QED) is 0.436. The van der Waals surface area contributed by atoms with E-state index in [0.717, 1.165) is 0 Å². The van der Waals surface area contributed by atoms with Crippen LogP contribution in [0, 0.1) is 0 Å². The van der Waals surface area contributed by atoms with Crippen molar-refractivity contribution in [1.82, 2.24) is 5.48 Å². The fraction of sp³-hybridized carbons (Fsp3) is 0.100. The first-order valence-electron chi connectivity index (χ1n) is 4.56. The summed E-state index contributed by atoms with van der Waals surface area (Å²) in [6, 6.07) is 5.26. The van der Waals surface area contributed by atoms with Gasteiger partial charge in [0.15, 0.2) is 17.7 Å². The number of benzene rings is 1. The van der Waals surface area contributed by atoms with E-state index in [0.29, 0.717) is 11.1 Å². The van der Waals surface area contributed by atoms with E-state index in [-0.39, 0.29) is 5.84 Å². The molecule has 1 aromatic carbocycles. The van der Waals surface area contributed by atoms with Gasteiger partial charge in [0.2, 0.25) is 5.91 Å². The molecule has 1 heterocycles. The minimum Gasteiger partial charge on any atom is -0.367 e. The fourth-order valence-electron chi connectivity index (χ4n) is 1.59. The highest BCUT2D eigenvalue weighted by molar-refractivity contribution is 6.22. The van der Waals surface area contributed by atoms with Crippen LogP contribution in [0.1, 0.15) is 15.9 Å². The number of aliphatic imine (C=N–C) groups is 1. The Balaban J connectivity index is 2.59. The summed E-state index contributed by atoms with van der Waals surface area (Å²) >= 11 is 0. The molecule has 0 fully saturated rings. The molecule has 1 aliphatic heterocycles. The van der Waals surface area contributed by atoms with Crippen molar-refractivity contribution in [1.29, 1.82) is 0 Å². The monoisotopic (exact) mass is 219 g/mol. The summed E-state index contributed by atoms with van der Waals surface area (Å²) in [6.07, 6.45) is 0. The van der Waals surface area contributed by atoms with Crippen LogP contribution in [0.3, 0.4) is 0 Å². The van der Waals surface area contributed by atoms with Crippen LogP contribution >= 0.6 is 0 Å². The lowest BCUT2D eigenvalue weighted by atomic mass is 9.95. The van der Waals surface area contributed by atoms with Crippen molar-refractivity contribution in [3.05, 3.63) is 35.4 Å². The lowest BCUT2D eigenvalue weighted by Crippen LogP contribution is -2.41. The van der Waals surface area contributed by atoms with Crippen molar-refractivity contribution in [2.75, 3.05) is 0 Å². The van der Waals surface area contributed by atoms with Crippen LogP contribution in [-0.2, 0) is 4.79 Å². The largest absolute Gasteiger partial charge is 0.367 e. The van der Waals surface area contributed by atoms with Gasteiger partial charge in [-0.2, -0.15) is 0 Å². The average Bonchev–Trinajstić information content (AvgIpc) is 2.29. The number of carbonyl (C=O) groups excluding carboxylic acids is 2. The molecule has 1 atom stereocenters. The molecule has 0 radical (unpaired) electrons. The van der Waals surface area contributed by atoms with Crippen molar-refractivity contribution in [2.45, 2.75) is 6.04 Å². The molecule has 0 saturated heterocycles. The van der Waals surface area contributed by atoms with Crippen LogP contribution in [0.5, 0.6) is 0 Å². The number of ketones is 1. The third-order valence-electron chi connectivity index (χ3n) is 2.33. The van der Waals surface area contributed by atoms with Crippen molar-refractivity contribution in [3.63, 3.8) is 0 Å². The fourth-order valence-corrected chi connectivity index (χ4v) is 1.59. The highest BCUT2D eigenvalue weighted by Crippen LogP contribution is 2.18. The molecule has 4 N–H and O–H groups in total. The van der Waals surface area contributed by atoms with Gasteiger partial charge in [-0.3, -0.25) is 20.3 Å². The summed E-state index contributed by atoms with van der Waals surface area (Å²) in [5.74, 6) is -1.23. The molecule has 16 heavy (non-hydrogen) atoms. The maximum atomic E-state index is 11.8. The molecule has 1 aliphatic rings. The second-order valence-electron chi connectivity index (χ2n) is 3.30. The van der Waals surface area contributed by atoms with Gasteiger partial charge < -0.3 is 5.73 Å². The van der Waals surface area contributed by atoms with Gasteiger partial charge in [0, 0.05) is 11.1 Å². The van der Waals surface area contributed by atoms with E-state index < -0.39 is 17.7 Å². The molecule has 1 unspecified atom stereocenters. The number of nitrogens with two attached hydrogens (primary N) is 1. The van der Waals surface area contributed by atoms with Crippen LogP contribution < -0.4 is 11.2 Å². The maximum absolute atomic E-state index is 11.8. The molecule has 1 aromatic rings. The van der Waals surface area contributed by atoms with E-state index in [1.54, 1.807) is 24.3 Å². The van der Waals surface area contributed by atoms with Crippen LogP contribution in [0.4, 0.5) is 0 Å². The Morgan fingerprint density at radius 2 is 2.00 bits per heavy atom. The summed E-state index contributed by atoms with van der Waals surface area (Å²) in [7, 11) is 0. The van der Waals surface area contributed by atoms with E-state index in [1.165, 1.54) is 0 Å². The Hall–Kier alpha value is -2.21. The van der Waals surface area contributed by atoms with Crippen LogP contribution in [-0.4, -0.2) is 28.8 Å². The average molecular weight is 219 g/mol. The van der Waals surface area contributed by atoms with Crippen LogP contribution in [0.25, 0.3) is 0 Å². The minimum atomic E-state index is -1.27. The number of hydroxylamine groups is 1. The predicted octanol–water partition coefficient (Wildman–Crippen LogP) is -0.538. The van der Waals surface area contributed by atoms with Crippen molar-refractivity contribution in [2.24, 2.45) is 10.7 Å². The van der Waals surface area contributed by atoms with Gasteiger partial charge in [-0.05, 0) is 0 Å². The lowest BCUT2D eigenvalue weighted by molar-refractivity contribution is -0.118. The Morgan fingerprint density at radius 3 is 2.56 bits per heavy atom. The van der Waals surface area contributed by atoms with Gasteiger partial charge in [0.1, 0.15) is 0 Å². The Kier molecular flexibility index (Phi) is 2.41. The second kappa shape index (κ2) is 3.74. The van der Waals surface area contributed by atoms with Gasteiger partial charge in [-0.1, -0.05) is 24.3 Å². The van der Waals surface area contributed by atoms with Crippen molar-refractivity contribution in [3.8, 4) is 0 Å². The van der Waals surface area contributed by atoms with Gasteiger partial charge in [0.25, 0.3) is 0 Å². The maximum Gasteiger partial charge on any atom is 0.250 e. The molecule has 1 amide bonds. The number of nitrogens with one attached hydrogen (secondary N) is 1. The Labute approximate surface area is 90.7 Å². The molecule has 6 nitrogen and oxygen atoms in total. The number of nitrogens with zero attached hydrogens (tertiary/aromatic N) is 1. The third-order valence-corrected chi connectivity index (χ3v) is 2.33. The molecule has 82 valence electrons. The molecule has 0 bridgehead atoms. The zero-order valence-corrected chi connectivity index (χ0v) is 8.18. The summed E-state index contributed by atoms with van der Waals surface area (Å²) < 4.78 is 0. The summed E-state index contributed by atoms with van der Waals surface area (Å²) in [5.41, 5.74) is 7.68. The number of carbonyl (C=O) groups is 2. The van der Waals surface area contributed by atoms with Crippen molar-refractivity contribution >= 4 is 17.5 Å². The normalized spacial score (nSPS) is 18.7. The van der Waals surface area contributed by atoms with Crippen molar-refractivity contribution < 1.29 is 14.8 Å². The van der Waals surface area contributed by atoms with Crippen LogP contribution in [0.15, 0.2) is 29.3 Å². The Bertz CT molecular complexity index is 496. The SMILES string of the molecule is NC(=O)C1N=C(NO)c2ccccc2C1=O. The third kappa shape index (κ3) is 1.45. The van der Waals surface area contributed by atoms with E-state index >= 15 is 0 Å². The summed E-state index contributed by atoms with van der Waals surface area (Å²) in [4.78, 5) is 26.6. The Morgan fingerprint density at radius 1 is 1.38 bits per heavy atom. The highest BCUT2D eigenvalue weighted by Gasteiger charge is 2.32. The number of amidine groups is 1. The molecular weight excluding hydrogens is 210 g/mol. The lowest BCUT2D eigenvalue weighted by Gasteiger charge is -2.19. The van der Waals surface area contributed by atoms with Gasteiger partial charge in [-0.25, -0.2) is 4.99 Å². The summed E-state index contributed by atoms with van der Waals surface area (Å²) in [5, 5.41) is 8.88. The number of amides is 1. The van der Waals surface area contributed by atoms with Gasteiger partial charge >= 0.3 is 0 Å². The molecule has 2 rings (SSSR count). The minimum absolute atomic E-state index is 0.0685. The number of hydrogen-bond acceptors (Lipinski definition) is 5.